The summed E-state index contributed by atoms with van der Waals surface area (Å²) in [6.45, 7) is 4.17. The highest BCUT2D eigenvalue weighted by atomic mass is 32.2. The quantitative estimate of drug-likeness (QED) is 0.799. The molecule has 2 rings (SSSR count). The van der Waals surface area contributed by atoms with Gasteiger partial charge in [0.05, 0.1) is 11.9 Å². The maximum absolute atomic E-state index is 12.4. The Labute approximate surface area is 125 Å². The molecule has 8 nitrogen and oxygen atoms in total. The first kappa shape index (κ1) is 16.4. The third-order valence-electron chi connectivity index (χ3n) is 3.35. The zero-order valence-electron chi connectivity index (χ0n) is 12.1. The molecule has 21 heavy (non-hydrogen) atoms. The molecule has 0 unspecified atom stereocenters. The molecule has 120 valence electrons. The van der Waals surface area contributed by atoms with E-state index in [1.54, 1.807) is 13.8 Å². The fourth-order valence-electron chi connectivity index (χ4n) is 2.24. The molecular weight excluding hydrogens is 316 g/mol. The van der Waals surface area contributed by atoms with Crippen LogP contribution in [0, 0.1) is 6.92 Å². The fraction of sp³-hybridized carbons (Fsp3) is 0.727. The van der Waals surface area contributed by atoms with Gasteiger partial charge in [0.25, 0.3) is 10.0 Å². The number of nitrogens with one attached hydrogen (secondary N) is 1. The average molecular weight is 336 g/mol. The van der Waals surface area contributed by atoms with E-state index in [0.717, 1.165) is 0 Å². The van der Waals surface area contributed by atoms with Crippen LogP contribution in [0.4, 0.5) is 0 Å². The molecule has 1 fully saturated rings. The highest BCUT2D eigenvalue weighted by Gasteiger charge is 2.33. The Kier molecular flexibility index (Phi) is 4.71. The minimum absolute atomic E-state index is 0.0462. The number of aryl methyl sites for hydroxylation is 1. The maximum atomic E-state index is 12.4. The number of piperazine rings is 1. The molecule has 0 bridgehead atoms. The molecule has 1 aliphatic heterocycles. The Morgan fingerprint density at radius 1 is 1.14 bits per heavy atom. The highest BCUT2D eigenvalue weighted by molar-refractivity contribution is 7.89. The number of hydrogen-bond donors (Lipinski definition) is 1. The standard InChI is InChI=1S/C11H20N4O4S2/c1-3-8-20(16,17)14-4-6-15(7-5-14)21(18,19)11-9-12-10(2)13-11/h9H,3-8H2,1-2H3,(H,12,13). The van der Waals surface area contributed by atoms with Crippen molar-refractivity contribution in [1.29, 1.82) is 0 Å². The Hall–Kier alpha value is -0.970. The van der Waals surface area contributed by atoms with Gasteiger partial charge in [0.15, 0.2) is 5.03 Å². The first-order chi connectivity index (χ1) is 9.77. The third kappa shape index (κ3) is 3.44. The molecule has 1 aliphatic rings. The van der Waals surface area contributed by atoms with E-state index in [1.807, 2.05) is 0 Å². The molecule has 0 aromatic carbocycles. The lowest BCUT2D eigenvalue weighted by Gasteiger charge is -2.32. The number of rotatable bonds is 5. The lowest BCUT2D eigenvalue weighted by molar-refractivity contribution is 0.272. The number of aromatic amines is 1. The van der Waals surface area contributed by atoms with Crippen molar-refractivity contribution in [2.45, 2.75) is 25.3 Å². The summed E-state index contributed by atoms with van der Waals surface area (Å²) in [5.74, 6) is 0.622. The molecule has 10 heteroatoms. The minimum atomic E-state index is -3.63. The largest absolute Gasteiger partial charge is 0.332 e. The van der Waals surface area contributed by atoms with Gasteiger partial charge in [-0.15, -0.1) is 0 Å². The molecule has 0 atom stereocenters. The zero-order chi connectivity index (χ0) is 15.7. The summed E-state index contributed by atoms with van der Waals surface area (Å²) in [7, 11) is -6.90. The second-order valence-electron chi connectivity index (χ2n) is 4.95. The Morgan fingerprint density at radius 2 is 1.71 bits per heavy atom. The van der Waals surface area contributed by atoms with E-state index in [0.29, 0.717) is 12.2 Å². The molecule has 2 heterocycles. The smallest absolute Gasteiger partial charge is 0.260 e. The number of H-pyrrole nitrogens is 1. The molecule has 1 N–H and O–H groups in total. The number of aromatic nitrogens is 2. The van der Waals surface area contributed by atoms with Gasteiger partial charge >= 0.3 is 0 Å². The summed E-state index contributed by atoms with van der Waals surface area (Å²) in [5.41, 5.74) is 0. The van der Waals surface area contributed by atoms with Crippen molar-refractivity contribution in [2.24, 2.45) is 0 Å². The van der Waals surface area contributed by atoms with Crippen LogP contribution in [0.2, 0.25) is 0 Å². The normalized spacial score (nSPS) is 19.0. The van der Waals surface area contributed by atoms with Gasteiger partial charge in [-0.1, -0.05) is 6.92 Å². The van der Waals surface area contributed by atoms with Crippen LogP contribution in [0.1, 0.15) is 19.2 Å². The number of hydrogen-bond acceptors (Lipinski definition) is 5. The predicted octanol–water partition coefficient (Wildman–Crippen LogP) is -0.236. The summed E-state index contributed by atoms with van der Waals surface area (Å²) in [5, 5.41) is 0.0462. The molecule has 0 amide bonds. The third-order valence-corrected chi connectivity index (χ3v) is 7.23. The van der Waals surface area contributed by atoms with Crippen LogP contribution >= 0.6 is 0 Å². The second-order valence-corrected chi connectivity index (χ2v) is 8.95. The van der Waals surface area contributed by atoms with Crippen molar-refractivity contribution in [3.8, 4) is 0 Å². The topological polar surface area (TPSA) is 103 Å². The van der Waals surface area contributed by atoms with Crippen LogP contribution in [0.15, 0.2) is 11.2 Å². The van der Waals surface area contributed by atoms with E-state index in [2.05, 4.69) is 9.97 Å². The summed E-state index contributed by atoms with van der Waals surface area (Å²) in [4.78, 5) is 6.59. The molecule has 1 aromatic rings. The van der Waals surface area contributed by atoms with Crippen LogP contribution in [0.3, 0.4) is 0 Å². The van der Waals surface area contributed by atoms with Gasteiger partial charge in [0.1, 0.15) is 5.82 Å². The maximum Gasteiger partial charge on any atom is 0.260 e. The molecule has 0 radical (unpaired) electrons. The zero-order valence-corrected chi connectivity index (χ0v) is 13.7. The van der Waals surface area contributed by atoms with Gasteiger partial charge in [0, 0.05) is 26.2 Å². The summed E-state index contributed by atoms with van der Waals surface area (Å²) < 4.78 is 51.3. The number of nitrogens with zero attached hydrogens (tertiary/aromatic N) is 3. The van der Waals surface area contributed by atoms with Crippen molar-refractivity contribution < 1.29 is 16.8 Å². The van der Waals surface area contributed by atoms with E-state index in [4.69, 9.17) is 0 Å². The first-order valence-corrected chi connectivity index (χ1v) is 9.82. The van der Waals surface area contributed by atoms with E-state index >= 15 is 0 Å². The van der Waals surface area contributed by atoms with Gasteiger partial charge in [-0.05, 0) is 13.3 Å². The van der Waals surface area contributed by atoms with Crippen molar-refractivity contribution >= 4 is 20.0 Å². The number of imidazole rings is 1. The van der Waals surface area contributed by atoms with Crippen molar-refractivity contribution in [2.75, 3.05) is 31.9 Å². The van der Waals surface area contributed by atoms with Crippen LogP contribution < -0.4 is 0 Å². The average Bonchev–Trinajstić information content (AvgIpc) is 2.86. The van der Waals surface area contributed by atoms with Crippen LogP contribution in [0.25, 0.3) is 0 Å². The Morgan fingerprint density at radius 3 is 2.19 bits per heavy atom. The van der Waals surface area contributed by atoms with E-state index < -0.39 is 20.0 Å². The van der Waals surface area contributed by atoms with Gasteiger partial charge in [0.2, 0.25) is 10.0 Å². The van der Waals surface area contributed by atoms with Crippen LogP contribution in [-0.4, -0.2) is 67.3 Å². The first-order valence-electron chi connectivity index (χ1n) is 6.77. The van der Waals surface area contributed by atoms with Gasteiger partial charge in [-0.2, -0.15) is 8.61 Å². The van der Waals surface area contributed by atoms with Crippen LogP contribution in [0.5, 0.6) is 0 Å². The van der Waals surface area contributed by atoms with Crippen LogP contribution in [-0.2, 0) is 20.0 Å². The fourth-order valence-corrected chi connectivity index (χ4v) is 5.12. The second kappa shape index (κ2) is 6.03. The van der Waals surface area contributed by atoms with Crippen molar-refractivity contribution in [3.05, 3.63) is 12.0 Å². The lowest BCUT2D eigenvalue weighted by atomic mass is 10.4. The van der Waals surface area contributed by atoms with Gasteiger partial charge < -0.3 is 4.98 Å². The molecule has 1 saturated heterocycles. The highest BCUT2D eigenvalue weighted by Crippen LogP contribution is 2.17. The molecule has 1 aromatic heterocycles. The molecule has 0 aliphatic carbocycles. The summed E-state index contributed by atoms with van der Waals surface area (Å²) in [6.07, 6.45) is 1.83. The number of sulfonamides is 2. The molecular formula is C11H20N4O4S2. The summed E-state index contributed by atoms with van der Waals surface area (Å²) >= 11 is 0. The minimum Gasteiger partial charge on any atom is -0.332 e. The molecule has 0 spiro atoms. The predicted molar refractivity (Wildman–Crippen MR) is 77.7 cm³/mol. The monoisotopic (exact) mass is 336 g/mol. The van der Waals surface area contributed by atoms with E-state index in [-0.39, 0.29) is 37.0 Å². The van der Waals surface area contributed by atoms with E-state index in [1.165, 1.54) is 14.8 Å². The van der Waals surface area contributed by atoms with E-state index in [9.17, 15) is 16.8 Å². The Bertz CT molecular complexity index is 688. The SMILES string of the molecule is CCCS(=O)(=O)N1CCN(S(=O)(=O)c2cnc(C)[nH]2)CC1. The molecule has 0 saturated carbocycles. The Balaban J connectivity index is 2.08. The lowest BCUT2D eigenvalue weighted by Crippen LogP contribution is -2.50. The summed E-state index contributed by atoms with van der Waals surface area (Å²) in [6, 6.07) is 0. The van der Waals surface area contributed by atoms with Gasteiger partial charge in [-0.25, -0.2) is 21.8 Å². The van der Waals surface area contributed by atoms with Crippen molar-refractivity contribution in [1.82, 2.24) is 18.6 Å². The van der Waals surface area contributed by atoms with Crippen molar-refractivity contribution in [3.63, 3.8) is 0 Å². The van der Waals surface area contributed by atoms with Gasteiger partial charge in [-0.3, -0.25) is 0 Å².